The number of aliphatic carboxylic acids is 1. The molecule has 2 rings (SSSR count). The molecule has 0 bridgehead atoms. The molecule has 0 aromatic heterocycles. The number of likely N-dealkylation sites (tertiary alicyclic amines) is 1. The van der Waals surface area contributed by atoms with Gasteiger partial charge in [-0.15, -0.1) is 0 Å². The molecule has 1 heterocycles. The van der Waals surface area contributed by atoms with Gasteiger partial charge in [0.05, 0.1) is 0 Å². The number of hydrogen-bond donors (Lipinski definition) is 4. The molecule has 2 unspecified atom stereocenters. The van der Waals surface area contributed by atoms with Crippen LogP contribution in [-0.4, -0.2) is 62.0 Å². The van der Waals surface area contributed by atoms with Gasteiger partial charge in [-0.25, -0.2) is 0 Å². The lowest BCUT2D eigenvalue weighted by atomic mass is 9.84. The minimum Gasteiger partial charge on any atom is -0.480 e. The summed E-state index contributed by atoms with van der Waals surface area (Å²) < 4.78 is 30.2. The molecule has 5 N–H and O–H groups in total. The van der Waals surface area contributed by atoms with Crippen LogP contribution in [0.5, 0.6) is 0 Å². The van der Waals surface area contributed by atoms with Crippen molar-refractivity contribution in [1.82, 2.24) is 14.3 Å². The molecule has 1 amide bonds. The summed E-state index contributed by atoms with van der Waals surface area (Å²) in [6.45, 7) is 1.71. The maximum Gasteiger partial charge on any atom is 0.321 e. The van der Waals surface area contributed by atoms with Crippen LogP contribution in [0, 0.1) is 5.92 Å². The van der Waals surface area contributed by atoms with Gasteiger partial charge in [-0.3, -0.25) is 9.59 Å². The van der Waals surface area contributed by atoms with E-state index in [4.69, 9.17) is 5.73 Å². The highest BCUT2D eigenvalue weighted by Crippen LogP contribution is 2.28. The fourth-order valence-electron chi connectivity index (χ4n) is 4.42. The van der Waals surface area contributed by atoms with E-state index in [1.165, 1.54) is 6.42 Å². The highest BCUT2D eigenvalue weighted by Gasteiger charge is 2.33. The van der Waals surface area contributed by atoms with Gasteiger partial charge in [-0.05, 0) is 51.0 Å². The number of carbonyl (C=O) groups excluding carboxylic acids is 1. The normalized spacial score (nSPS) is 20.6. The Bertz CT molecular complexity index is 646. The first-order chi connectivity index (χ1) is 14.3. The number of rotatable bonds is 12. The van der Waals surface area contributed by atoms with Crippen molar-refractivity contribution in [2.24, 2.45) is 11.7 Å². The summed E-state index contributed by atoms with van der Waals surface area (Å²) in [5.74, 6) is -1.12. The number of carbonyl (C=O) groups is 2. The van der Waals surface area contributed by atoms with Crippen LogP contribution in [0.1, 0.15) is 77.0 Å². The van der Waals surface area contributed by atoms with Gasteiger partial charge in [0.2, 0.25) is 5.91 Å². The molecule has 1 aliphatic carbocycles. The summed E-state index contributed by atoms with van der Waals surface area (Å²) in [4.78, 5) is 26.4. The van der Waals surface area contributed by atoms with E-state index in [2.05, 4.69) is 9.44 Å². The summed E-state index contributed by atoms with van der Waals surface area (Å²) >= 11 is 0. The topological polar surface area (TPSA) is 142 Å². The smallest absolute Gasteiger partial charge is 0.321 e. The van der Waals surface area contributed by atoms with Gasteiger partial charge in [0.25, 0.3) is 10.2 Å². The van der Waals surface area contributed by atoms with Crippen LogP contribution < -0.4 is 15.2 Å². The predicted molar refractivity (Wildman–Crippen MR) is 115 cm³/mol. The zero-order valence-electron chi connectivity index (χ0n) is 17.9. The first-order valence-corrected chi connectivity index (χ1v) is 12.8. The standard InChI is InChI=1S/C20H38N4O5S/c21-12-6-5-11-17(20(26)27)22-30(28,29)23-18(15-16-9-3-1-4-10-16)19(25)24-13-7-2-8-14-24/h16-18,22-23H,1-15,21H2,(H,26,27). The summed E-state index contributed by atoms with van der Waals surface area (Å²) in [5.41, 5.74) is 5.44. The van der Waals surface area contributed by atoms with Crippen molar-refractivity contribution in [2.45, 2.75) is 89.1 Å². The molecule has 30 heavy (non-hydrogen) atoms. The maximum atomic E-state index is 13.1. The van der Waals surface area contributed by atoms with Gasteiger partial charge in [0.1, 0.15) is 12.1 Å². The molecule has 0 spiro atoms. The number of unbranched alkanes of at least 4 members (excludes halogenated alkanes) is 1. The van der Waals surface area contributed by atoms with Crippen LogP contribution in [0.15, 0.2) is 0 Å². The molecule has 2 fully saturated rings. The van der Waals surface area contributed by atoms with E-state index >= 15 is 0 Å². The zero-order valence-corrected chi connectivity index (χ0v) is 18.7. The Hall–Kier alpha value is -1.23. The second kappa shape index (κ2) is 12.6. The van der Waals surface area contributed by atoms with E-state index in [-0.39, 0.29) is 12.3 Å². The molecular formula is C20H38N4O5S. The molecule has 9 nitrogen and oxygen atoms in total. The molecular weight excluding hydrogens is 408 g/mol. The second-order valence-corrected chi connectivity index (χ2v) is 10.1. The molecule has 174 valence electrons. The fraction of sp³-hybridized carbons (Fsp3) is 0.900. The molecule has 2 atom stereocenters. The molecule has 10 heteroatoms. The van der Waals surface area contributed by atoms with Crippen molar-refractivity contribution < 1.29 is 23.1 Å². The van der Waals surface area contributed by atoms with Gasteiger partial charge in [-0.2, -0.15) is 17.9 Å². The number of hydrogen-bond acceptors (Lipinski definition) is 5. The van der Waals surface area contributed by atoms with E-state index in [0.717, 1.165) is 44.9 Å². The molecule has 1 saturated heterocycles. The Balaban J connectivity index is 2.06. The van der Waals surface area contributed by atoms with Gasteiger partial charge in [0.15, 0.2) is 0 Å². The van der Waals surface area contributed by atoms with E-state index in [9.17, 15) is 23.1 Å². The number of nitrogens with one attached hydrogen (secondary N) is 2. The summed E-state index contributed by atoms with van der Waals surface area (Å²) in [5, 5.41) is 9.38. The first-order valence-electron chi connectivity index (χ1n) is 11.3. The third-order valence-corrected chi connectivity index (χ3v) is 7.29. The molecule has 1 aliphatic heterocycles. The molecule has 0 aromatic rings. The molecule has 0 aromatic carbocycles. The number of piperidine rings is 1. The van der Waals surface area contributed by atoms with Gasteiger partial charge < -0.3 is 15.7 Å². The molecule has 2 aliphatic rings. The largest absolute Gasteiger partial charge is 0.480 e. The molecule has 0 radical (unpaired) electrons. The van der Waals surface area contributed by atoms with E-state index in [1.54, 1.807) is 4.90 Å². The van der Waals surface area contributed by atoms with E-state index < -0.39 is 28.3 Å². The number of carboxylic acids is 1. The second-order valence-electron chi connectivity index (χ2n) is 8.59. The summed E-state index contributed by atoms with van der Waals surface area (Å²) in [7, 11) is -4.16. The van der Waals surface area contributed by atoms with Crippen LogP contribution in [0.3, 0.4) is 0 Å². The summed E-state index contributed by atoms with van der Waals surface area (Å²) in [6.07, 6.45) is 10.0. The van der Waals surface area contributed by atoms with Crippen LogP contribution in [-0.2, 0) is 19.8 Å². The Kier molecular flexibility index (Phi) is 10.5. The summed E-state index contributed by atoms with van der Waals surface area (Å²) in [6, 6.07) is -2.10. The minimum absolute atomic E-state index is 0.154. The Morgan fingerprint density at radius 2 is 1.57 bits per heavy atom. The third kappa shape index (κ3) is 8.49. The number of carboxylic acid groups (broad SMARTS) is 1. The van der Waals surface area contributed by atoms with E-state index in [0.29, 0.717) is 44.8 Å². The lowest BCUT2D eigenvalue weighted by Gasteiger charge is -2.33. The van der Waals surface area contributed by atoms with Crippen molar-refractivity contribution in [3.05, 3.63) is 0 Å². The van der Waals surface area contributed by atoms with Crippen molar-refractivity contribution in [2.75, 3.05) is 19.6 Å². The quantitative estimate of drug-likeness (QED) is 0.333. The lowest BCUT2D eigenvalue weighted by Crippen LogP contribution is -2.55. The number of amides is 1. The number of nitrogens with two attached hydrogens (primary N) is 1. The van der Waals surface area contributed by atoms with Crippen LogP contribution >= 0.6 is 0 Å². The van der Waals surface area contributed by atoms with Crippen molar-refractivity contribution in [3.8, 4) is 0 Å². The Morgan fingerprint density at radius 3 is 2.17 bits per heavy atom. The fourth-order valence-corrected chi connectivity index (χ4v) is 5.66. The first kappa shape index (κ1) is 25.0. The van der Waals surface area contributed by atoms with Crippen molar-refractivity contribution in [1.29, 1.82) is 0 Å². The van der Waals surface area contributed by atoms with Gasteiger partial charge in [0, 0.05) is 13.1 Å². The predicted octanol–water partition coefficient (Wildman–Crippen LogP) is 1.34. The highest BCUT2D eigenvalue weighted by atomic mass is 32.2. The SMILES string of the molecule is NCCCCC(NS(=O)(=O)NC(CC1CCCCC1)C(=O)N1CCCCC1)C(=O)O. The minimum atomic E-state index is -4.16. The monoisotopic (exact) mass is 446 g/mol. The highest BCUT2D eigenvalue weighted by molar-refractivity contribution is 7.87. The van der Waals surface area contributed by atoms with Crippen LogP contribution in [0.2, 0.25) is 0 Å². The third-order valence-electron chi connectivity index (χ3n) is 6.10. The van der Waals surface area contributed by atoms with E-state index in [1.807, 2.05) is 0 Å². The average molecular weight is 447 g/mol. The Morgan fingerprint density at radius 1 is 0.967 bits per heavy atom. The van der Waals surface area contributed by atoms with Crippen LogP contribution in [0.25, 0.3) is 0 Å². The molecule has 1 saturated carbocycles. The van der Waals surface area contributed by atoms with Crippen molar-refractivity contribution in [3.63, 3.8) is 0 Å². The number of nitrogens with zero attached hydrogens (tertiary/aromatic N) is 1. The van der Waals surface area contributed by atoms with Gasteiger partial charge in [-0.1, -0.05) is 38.5 Å². The van der Waals surface area contributed by atoms with Crippen LogP contribution in [0.4, 0.5) is 0 Å². The Labute approximate surface area is 180 Å². The maximum absolute atomic E-state index is 13.1. The van der Waals surface area contributed by atoms with Gasteiger partial charge >= 0.3 is 5.97 Å². The average Bonchev–Trinajstić information content (AvgIpc) is 2.73. The van der Waals surface area contributed by atoms with Crippen molar-refractivity contribution >= 4 is 22.1 Å². The zero-order chi connectivity index (χ0) is 22.0. The lowest BCUT2D eigenvalue weighted by molar-refractivity contribution is -0.139.